The van der Waals surface area contributed by atoms with Gasteiger partial charge in [-0.1, -0.05) is 32.9 Å². The number of hydrogen-bond acceptors (Lipinski definition) is 4. The van der Waals surface area contributed by atoms with E-state index in [1.165, 1.54) is 12.1 Å². The molecule has 1 rings (SSSR count). The van der Waals surface area contributed by atoms with Crippen LogP contribution >= 0.6 is 0 Å². The fourth-order valence-electron chi connectivity index (χ4n) is 1.69. The van der Waals surface area contributed by atoms with Crippen molar-refractivity contribution in [1.29, 1.82) is 0 Å². The zero-order chi connectivity index (χ0) is 15.4. The molecule has 6 nitrogen and oxygen atoms in total. The van der Waals surface area contributed by atoms with Crippen molar-refractivity contribution in [2.75, 3.05) is 0 Å². The lowest BCUT2D eigenvalue weighted by Gasteiger charge is -2.15. The van der Waals surface area contributed by atoms with Crippen LogP contribution in [0, 0.1) is 16.0 Å². The molecule has 0 saturated heterocycles. The first-order valence-electron chi connectivity index (χ1n) is 6.12. The molecule has 0 bridgehead atoms. The number of rotatable bonds is 6. The Bertz CT molecular complexity index is 556. The molecule has 0 saturated carbocycles. The first kappa shape index (κ1) is 16.3. The lowest BCUT2D eigenvalue weighted by atomic mass is 10.1. The summed E-state index contributed by atoms with van der Waals surface area (Å²) in [4.78, 5) is 21.4. The molecule has 0 fully saturated rings. The Morgan fingerprint density at radius 1 is 1.40 bits per heavy atom. The summed E-state index contributed by atoms with van der Waals surface area (Å²) in [5.74, 6) is -1.19. The van der Waals surface area contributed by atoms with Crippen molar-refractivity contribution >= 4 is 22.5 Å². The highest BCUT2D eigenvalue weighted by atomic mass is 32.2. The molecule has 1 aromatic carbocycles. The average molecular weight is 299 g/mol. The van der Waals surface area contributed by atoms with Crippen LogP contribution in [0.1, 0.15) is 36.7 Å². The quantitative estimate of drug-likeness (QED) is 0.643. The van der Waals surface area contributed by atoms with Gasteiger partial charge in [-0.25, -0.2) is 4.79 Å². The minimum atomic E-state index is -1.37. The maximum atomic E-state index is 12.2. The van der Waals surface area contributed by atoms with Gasteiger partial charge in [0.2, 0.25) is 0 Å². The highest BCUT2D eigenvalue weighted by molar-refractivity contribution is 7.84. The highest BCUT2D eigenvalue weighted by Gasteiger charge is 2.25. The standard InChI is InChI=1S/C13H17NO5S/c1-8(2)9(3)20(19)7-10-5-4-6-11(14(17)18)12(10)13(15)16/h4-6,8-9H,7H2,1-3H3,(H,15,16). The van der Waals surface area contributed by atoms with Crippen molar-refractivity contribution < 1.29 is 19.0 Å². The van der Waals surface area contributed by atoms with Crippen molar-refractivity contribution in [2.45, 2.75) is 31.8 Å². The summed E-state index contributed by atoms with van der Waals surface area (Å²) < 4.78 is 12.2. The number of carbonyl (C=O) groups is 1. The minimum absolute atomic E-state index is 0.00264. The maximum Gasteiger partial charge on any atom is 0.343 e. The first-order valence-corrected chi connectivity index (χ1v) is 7.50. The van der Waals surface area contributed by atoms with Crippen molar-refractivity contribution in [3.05, 3.63) is 39.4 Å². The maximum absolute atomic E-state index is 12.2. The van der Waals surface area contributed by atoms with E-state index in [0.29, 0.717) is 0 Å². The van der Waals surface area contributed by atoms with Gasteiger partial charge in [-0.3, -0.25) is 14.3 Å². The van der Waals surface area contributed by atoms with E-state index in [4.69, 9.17) is 5.11 Å². The van der Waals surface area contributed by atoms with Crippen molar-refractivity contribution in [1.82, 2.24) is 0 Å². The number of benzene rings is 1. The Morgan fingerprint density at radius 3 is 2.45 bits per heavy atom. The fourth-order valence-corrected chi connectivity index (χ4v) is 3.11. The van der Waals surface area contributed by atoms with Gasteiger partial charge in [-0.05, 0) is 11.5 Å². The first-order chi connectivity index (χ1) is 9.25. The van der Waals surface area contributed by atoms with Gasteiger partial charge >= 0.3 is 5.97 Å². The molecule has 0 spiro atoms. The van der Waals surface area contributed by atoms with E-state index in [1.54, 1.807) is 0 Å². The third-order valence-electron chi connectivity index (χ3n) is 3.19. The van der Waals surface area contributed by atoms with Gasteiger partial charge in [0.05, 0.1) is 4.92 Å². The van der Waals surface area contributed by atoms with E-state index in [9.17, 15) is 19.1 Å². The molecule has 0 amide bonds. The Kier molecular flexibility index (Phi) is 5.38. The topological polar surface area (TPSA) is 97.5 Å². The zero-order valence-electron chi connectivity index (χ0n) is 11.5. The molecule has 0 aromatic heterocycles. The predicted molar refractivity (Wildman–Crippen MR) is 76.2 cm³/mol. The molecule has 0 aliphatic rings. The van der Waals surface area contributed by atoms with E-state index < -0.39 is 27.4 Å². The zero-order valence-corrected chi connectivity index (χ0v) is 12.3. The second kappa shape index (κ2) is 6.60. The minimum Gasteiger partial charge on any atom is -0.477 e. The Morgan fingerprint density at radius 2 is 2.00 bits per heavy atom. The van der Waals surface area contributed by atoms with Gasteiger partial charge in [0, 0.05) is 27.9 Å². The summed E-state index contributed by atoms with van der Waals surface area (Å²) in [5.41, 5.74) is -0.608. The smallest absolute Gasteiger partial charge is 0.343 e. The van der Waals surface area contributed by atoms with Gasteiger partial charge in [0.15, 0.2) is 0 Å². The number of nitro groups is 1. The number of aromatic carboxylic acids is 1. The summed E-state index contributed by atoms with van der Waals surface area (Å²) in [5, 5.41) is 19.9. The van der Waals surface area contributed by atoms with Gasteiger partial charge in [-0.15, -0.1) is 0 Å². The van der Waals surface area contributed by atoms with E-state index in [0.717, 1.165) is 6.07 Å². The molecule has 0 aliphatic carbocycles. The number of carboxylic acid groups (broad SMARTS) is 1. The number of carboxylic acids is 1. The third kappa shape index (κ3) is 3.63. The monoisotopic (exact) mass is 299 g/mol. The van der Waals surface area contributed by atoms with Gasteiger partial charge in [0.1, 0.15) is 5.56 Å². The molecule has 2 atom stereocenters. The third-order valence-corrected chi connectivity index (χ3v) is 5.16. The Hall–Kier alpha value is -1.76. The van der Waals surface area contributed by atoms with Crippen LogP contribution in [0.5, 0.6) is 0 Å². The predicted octanol–water partition coefficient (Wildman–Crippen LogP) is 2.59. The molecule has 110 valence electrons. The van der Waals surface area contributed by atoms with Crippen LogP contribution in [0.15, 0.2) is 18.2 Å². The summed E-state index contributed by atoms with van der Waals surface area (Å²) in [6.45, 7) is 5.67. The van der Waals surface area contributed by atoms with Crippen molar-refractivity contribution in [3.63, 3.8) is 0 Å². The van der Waals surface area contributed by atoms with Crippen molar-refractivity contribution in [2.24, 2.45) is 5.92 Å². The lowest BCUT2D eigenvalue weighted by molar-refractivity contribution is -0.385. The van der Waals surface area contributed by atoms with Gasteiger partial charge < -0.3 is 5.11 Å². The molecule has 0 aliphatic heterocycles. The van der Waals surface area contributed by atoms with Crippen LogP contribution in [0.4, 0.5) is 5.69 Å². The molecule has 0 radical (unpaired) electrons. The summed E-state index contributed by atoms with van der Waals surface area (Å²) in [6.07, 6.45) is 0. The number of hydrogen-bond donors (Lipinski definition) is 1. The lowest BCUT2D eigenvalue weighted by Crippen LogP contribution is -2.20. The van der Waals surface area contributed by atoms with E-state index >= 15 is 0 Å². The molecule has 0 heterocycles. The second-order valence-corrected chi connectivity index (χ2v) is 6.64. The number of nitrogens with zero attached hydrogens (tertiary/aromatic N) is 1. The van der Waals surface area contributed by atoms with Crippen LogP contribution < -0.4 is 0 Å². The molecular formula is C13H17NO5S. The summed E-state index contributed by atoms with van der Waals surface area (Å²) in [7, 11) is -1.28. The summed E-state index contributed by atoms with van der Waals surface area (Å²) in [6, 6.07) is 4.03. The van der Waals surface area contributed by atoms with E-state index in [1.807, 2.05) is 20.8 Å². The SMILES string of the molecule is CC(C)C(C)S(=O)Cc1cccc([N+](=O)[O-])c1C(=O)O. The van der Waals surface area contributed by atoms with Crippen LogP contribution in [0.2, 0.25) is 0 Å². The normalized spacial score (nSPS) is 14.0. The largest absolute Gasteiger partial charge is 0.477 e. The molecule has 1 N–H and O–H groups in total. The van der Waals surface area contributed by atoms with Crippen LogP contribution in [-0.2, 0) is 16.6 Å². The summed E-state index contributed by atoms with van der Waals surface area (Å²) >= 11 is 0. The Balaban J connectivity index is 3.19. The molecule has 1 aromatic rings. The fraction of sp³-hybridized carbons (Fsp3) is 0.462. The highest BCUT2D eigenvalue weighted by Crippen LogP contribution is 2.24. The van der Waals surface area contributed by atoms with Crippen LogP contribution in [0.25, 0.3) is 0 Å². The molecular weight excluding hydrogens is 282 g/mol. The Labute approximate surface area is 119 Å². The number of nitro benzene ring substituents is 1. The molecule has 20 heavy (non-hydrogen) atoms. The van der Waals surface area contributed by atoms with Gasteiger partial charge in [-0.2, -0.15) is 0 Å². The van der Waals surface area contributed by atoms with Gasteiger partial charge in [0.25, 0.3) is 5.69 Å². The molecule has 7 heteroatoms. The van der Waals surface area contributed by atoms with Crippen molar-refractivity contribution in [3.8, 4) is 0 Å². The average Bonchev–Trinajstić information content (AvgIpc) is 2.36. The van der Waals surface area contributed by atoms with E-state index in [-0.39, 0.29) is 28.0 Å². The second-order valence-electron chi connectivity index (χ2n) is 4.85. The molecule has 2 unspecified atom stereocenters. The van der Waals surface area contributed by atoms with Crippen LogP contribution in [0.3, 0.4) is 0 Å². The van der Waals surface area contributed by atoms with E-state index in [2.05, 4.69) is 0 Å². The van der Waals surface area contributed by atoms with Crippen LogP contribution in [-0.4, -0.2) is 25.5 Å².